The summed E-state index contributed by atoms with van der Waals surface area (Å²) < 4.78 is 1.88. The third-order valence-corrected chi connectivity index (χ3v) is 3.44. The van der Waals surface area contributed by atoms with Crippen LogP contribution >= 0.6 is 23.2 Å². The van der Waals surface area contributed by atoms with E-state index in [1.54, 1.807) is 0 Å². The quantitative estimate of drug-likeness (QED) is 0.614. The summed E-state index contributed by atoms with van der Waals surface area (Å²) >= 11 is 11.5. The van der Waals surface area contributed by atoms with E-state index in [0.29, 0.717) is 10.7 Å². The molecule has 0 bridgehead atoms. The van der Waals surface area contributed by atoms with Crippen LogP contribution in [0.5, 0.6) is 0 Å². The average molecular weight is 282 g/mol. The topological polar surface area (TPSA) is 22.0 Å². The molecule has 0 atom stereocenters. The maximum absolute atomic E-state index is 11.7. The van der Waals surface area contributed by atoms with Crippen LogP contribution in [0.3, 0.4) is 0 Å². The van der Waals surface area contributed by atoms with Gasteiger partial charge in [0.15, 0.2) is 5.78 Å². The maximum Gasteiger partial charge on any atom is 0.193 e. The van der Waals surface area contributed by atoms with Gasteiger partial charge in [-0.2, -0.15) is 0 Å². The third-order valence-electron chi connectivity index (χ3n) is 2.95. The molecule has 0 N–H and O–H groups in total. The lowest BCUT2D eigenvalue weighted by molar-refractivity contribution is 0.101. The lowest BCUT2D eigenvalue weighted by Crippen LogP contribution is -2.07. The van der Waals surface area contributed by atoms with Crippen LogP contribution in [0.2, 0.25) is 5.02 Å². The van der Waals surface area contributed by atoms with Gasteiger partial charge in [0.2, 0.25) is 0 Å². The van der Waals surface area contributed by atoms with E-state index >= 15 is 0 Å². The smallest absolute Gasteiger partial charge is 0.193 e. The number of aryl methyl sites for hydroxylation is 1. The highest BCUT2D eigenvalue weighted by atomic mass is 35.5. The Labute approximate surface area is 116 Å². The van der Waals surface area contributed by atoms with Crippen LogP contribution in [0.25, 0.3) is 11.3 Å². The van der Waals surface area contributed by atoms with Gasteiger partial charge < -0.3 is 4.57 Å². The van der Waals surface area contributed by atoms with Gasteiger partial charge in [0, 0.05) is 12.1 Å². The number of nitrogens with zero attached hydrogens (tertiary/aromatic N) is 1. The van der Waals surface area contributed by atoms with Crippen LogP contribution in [0.4, 0.5) is 0 Å². The first-order valence-corrected chi connectivity index (χ1v) is 6.47. The van der Waals surface area contributed by atoms with E-state index in [0.717, 1.165) is 16.8 Å². The Morgan fingerprint density at radius 2 is 1.89 bits per heavy atom. The summed E-state index contributed by atoms with van der Waals surface area (Å²) in [5, 5.41) is 0.697. The molecular weight excluding hydrogens is 269 g/mol. The average Bonchev–Trinajstić information content (AvgIpc) is 2.65. The van der Waals surface area contributed by atoms with E-state index in [-0.39, 0.29) is 11.7 Å². The highest BCUT2D eigenvalue weighted by molar-refractivity contribution is 6.30. The number of hydrogen-bond donors (Lipinski definition) is 0. The zero-order valence-corrected chi connectivity index (χ0v) is 11.7. The molecule has 94 valence electrons. The molecule has 18 heavy (non-hydrogen) atoms. The molecule has 2 nitrogen and oxygen atoms in total. The van der Waals surface area contributed by atoms with Gasteiger partial charge >= 0.3 is 0 Å². The molecule has 0 aliphatic carbocycles. The Hall–Kier alpha value is -1.25. The van der Waals surface area contributed by atoms with Gasteiger partial charge in [0.25, 0.3) is 0 Å². The highest BCUT2D eigenvalue weighted by Crippen LogP contribution is 2.27. The number of hydrogen-bond acceptors (Lipinski definition) is 1. The maximum atomic E-state index is 11.7. The molecule has 0 saturated carbocycles. The standard InChI is InChI=1S/C14H13Cl2NO/c1-9-7-12(13(18)8-15)17(2)14(9)10-3-5-11(16)6-4-10/h3-7H,8H2,1-2H3. The number of halogens is 2. The van der Waals surface area contributed by atoms with Crippen molar-refractivity contribution < 1.29 is 4.79 Å². The number of Topliss-reactive ketones (excluding diaryl/α,β-unsaturated/α-hetero) is 1. The van der Waals surface area contributed by atoms with Crippen molar-refractivity contribution in [3.8, 4) is 11.3 Å². The molecule has 0 spiro atoms. The van der Waals surface area contributed by atoms with Gasteiger partial charge in [0.05, 0.1) is 17.3 Å². The first-order valence-electron chi connectivity index (χ1n) is 5.56. The molecular formula is C14H13Cl2NO. The predicted octanol–water partition coefficient (Wildman–Crippen LogP) is 4.08. The van der Waals surface area contributed by atoms with Crippen molar-refractivity contribution >= 4 is 29.0 Å². The Bertz CT molecular complexity index is 585. The van der Waals surface area contributed by atoms with Crippen molar-refractivity contribution in [2.75, 3.05) is 5.88 Å². The van der Waals surface area contributed by atoms with Crippen molar-refractivity contribution in [1.82, 2.24) is 4.57 Å². The van der Waals surface area contributed by atoms with Crippen LogP contribution in [0, 0.1) is 6.92 Å². The molecule has 1 aromatic carbocycles. The van der Waals surface area contributed by atoms with Crippen molar-refractivity contribution in [3.05, 3.63) is 46.6 Å². The molecule has 2 aromatic rings. The van der Waals surface area contributed by atoms with Crippen LogP contribution in [-0.4, -0.2) is 16.2 Å². The number of aromatic nitrogens is 1. The molecule has 4 heteroatoms. The molecule has 0 fully saturated rings. The zero-order valence-electron chi connectivity index (χ0n) is 10.2. The summed E-state index contributed by atoms with van der Waals surface area (Å²) in [6.45, 7) is 1.98. The van der Waals surface area contributed by atoms with Crippen molar-refractivity contribution in [2.45, 2.75) is 6.92 Å². The Morgan fingerprint density at radius 3 is 2.44 bits per heavy atom. The number of benzene rings is 1. The fraction of sp³-hybridized carbons (Fsp3) is 0.214. The Kier molecular flexibility index (Phi) is 3.79. The highest BCUT2D eigenvalue weighted by Gasteiger charge is 2.15. The lowest BCUT2D eigenvalue weighted by Gasteiger charge is -2.07. The minimum absolute atomic E-state index is 0.00263. The van der Waals surface area contributed by atoms with E-state index in [9.17, 15) is 4.79 Å². The van der Waals surface area contributed by atoms with E-state index in [1.165, 1.54) is 0 Å². The fourth-order valence-corrected chi connectivity index (χ4v) is 2.38. The first-order chi connectivity index (χ1) is 8.54. The van der Waals surface area contributed by atoms with Gasteiger partial charge in [0.1, 0.15) is 0 Å². The molecule has 1 heterocycles. The first kappa shape index (κ1) is 13.2. The predicted molar refractivity (Wildman–Crippen MR) is 75.6 cm³/mol. The largest absolute Gasteiger partial charge is 0.341 e. The van der Waals surface area contributed by atoms with E-state index in [1.807, 2.05) is 48.9 Å². The molecule has 2 rings (SSSR count). The van der Waals surface area contributed by atoms with Crippen LogP contribution in [0.1, 0.15) is 16.1 Å². The second kappa shape index (κ2) is 5.17. The molecule has 0 saturated heterocycles. The number of carbonyl (C=O) groups excluding carboxylic acids is 1. The molecule has 0 radical (unpaired) electrons. The second-order valence-electron chi connectivity index (χ2n) is 4.18. The second-order valence-corrected chi connectivity index (χ2v) is 4.89. The van der Waals surface area contributed by atoms with Crippen molar-refractivity contribution in [1.29, 1.82) is 0 Å². The number of ketones is 1. The van der Waals surface area contributed by atoms with E-state index < -0.39 is 0 Å². The van der Waals surface area contributed by atoms with Crippen LogP contribution < -0.4 is 0 Å². The summed E-state index contributed by atoms with van der Waals surface area (Å²) in [6.07, 6.45) is 0. The molecule has 0 aliphatic rings. The molecule has 0 aliphatic heterocycles. The van der Waals surface area contributed by atoms with Gasteiger partial charge in [-0.3, -0.25) is 4.79 Å². The van der Waals surface area contributed by atoms with Gasteiger partial charge in [-0.25, -0.2) is 0 Å². The minimum atomic E-state index is -0.0671. The van der Waals surface area contributed by atoms with Gasteiger partial charge in [-0.15, -0.1) is 11.6 Å². The van der Waals surface area contributed by atoms with Crippen LogP contribution in [-0.2, 0) is 7.05 Å². The summed E-state index contributed by atoms with van der Waals surface area (Å²) in [4.78, 5) is 11.7. The lowest BCUT2D eigenvalue weighted by atomic mass is 10.1. The molecule has 0 amide bonds. The summed E-state index contributed by atoms with van der Waals surface area (Å²) in [6, 6.07) is 9.44. The zero-order chi connectivity index (χ0) is 13.3. The number of rotatable bonds is 3. The molecule has 0 unspecified atom stereocenters. The van der Waals surface area contributed by atoms with Crippen molar-refractivity contribution in [3.63, 3.8) is 0 Å². The monoisotopic (exact) mass is 281 g/mol. The van der Waals surface area contributed by atoms with Crippen molar-refractivity contribution in [2.24, 2.45) is 7.05 Å². The number of carbonyl (C=O) groups is 1. The minimum Gasteiger partial charge on any atom is -0.341 e. The normalized spacial score (nSPS) is 10.7. The summed E-state index contributed by atoms with van der Waals surface area (Å²) in [7, 11) is 1.87. The van der Waals surface area contributed by atoms with E-state index in [4.69, 9.17) is 23.2 Å². The summed E-state index contributed by atoms with van der Waals surface area (Å²) in [5.74, 6) is -0.0698. The Morgan fingerprint density at radius 1 is 1.28 bits per heavy atom. The fourth-order valence-electron chi connectivity index (χ4n) is 2.12. The summed E-state index contributed by atoms with van der Waals surface area (Å²) in [5.41, 5.74) is 3.73. The number of alkyl halides is 1. The Balaban J connectivity index is 2.55. The SMILES string of the molecule is Cc1cc(C(=O)CCl)n(C)c1-c1ccc(Cl)cc1. The van der Waals surface area contributed by atoms with Gasteiger partial charge in [-0.05, 0) is 36.2 Å². The van der Waals surface area contributed by atoms with Gasteiger partial charge in [-0.1, -0.05) is 23.7 Å². The van der Waals surface area contributed by atoms with E-state index in [2.05, 4.69) is 0 Å². The molecule has 1 aromatic heterocycles. The third kappa shape index (κ3) is 2.31. The van der Waals surface area contributed by atoms with Crippen LogP contribution in [0.15, 0.2) is 30.3 Å².